The van der Waals surface area contributed by atoms with Gasteiger partial charge in [0.25, 0.3) is 11.5 Å². The van der Waals surface area contributed by atoms with Crippen LogP contribution in [0.2, 0.25) is 10.0 Å². The average Bonchev–Trinajstić information content (AvgIpc) is 3.66. The molecule has 1 amide bonds. The van der Waals surface area contributed by atoms with Crippen LogP contribution in [0, 0.1) is 5.82 Å². The van der Waals surface area contributed by atoms with Crippen LogP contribution in [0.1, 0.15) is 53.0 Å². The second kappa shape index (κ2) is 10.3. The number of benzene rings is 2. The van der Waals surface area contributed by atoms with Crippen molar-refractivity contribution in [3.63, 3.8) is 0 Å². The first-order valence-electron chi connectivity index (χ1n) is 13.1. The summed E-state index contributed by atoms with van der Waals surface area (Å²) in [6.45, 7) is 3.87. The maximum atomic E-state index is 14.5. The minimum absolute atomic E-state index is 0.0519. The molecule has 0 bridgehead atoms. The van der Waals surface area contributed by atoms with E-state index in [4.69, 9.17) is 32.7 Å². The fourth-order valence-electron chi connectivity index (χ4n) is 5.55. The first-order valence-corrected chi connectivity index (χ1v) is 13.8. The van der Waals surface area contributed by atoms with Gasteiger partial charge in [-0.3, -0.25) is 4.79 Å². The number of pyridine rings is 1. The lowest BCUT2D eigenvalue weighted by Crippen LogP contribution is -2.42. The minimum Gasteiger partial charge on any atom is -0.423 e. The third-order valence-electron chi connectivity index (χ3n) is 7.76. The maximum Gasteiger partial charge on any atom is 0.492 e. The summed E-state index contributed by atoms with van der Waals surface area (Å²) < 4.78 is 64.5. The molecule has 2 aliphatic rings. The van der Waals surface area contributed by atoms with Crippen LogP contribution in [0.3, 0.4) is 0 Å². The van der Waals surface area contributed by atoms with E-state index in [1.54, 1.807) is 28.8 Å². The summed E-state index contributed by atoms with van der Waals surface area (Å²) in [5.74, 6) is -1.46. The second-order valence-corrected chi connectivity index (χ2v) is 11.7. The molecular formula is C29H22BCl2F4N3O4. The predicted molar refractivity (Wildman–Crippen MR) is 153 cm³/mol. The number of hydrogen-bond acceptors (Lipinski definition) is 5. The Morgan fingerprint density at radius 1 is 1.14 bits per heavy atom. The predicted octanol–water partition coefficient (Wildman–Crippen LogP) is 5.85. The van der Waals surface area contributed by atoms with Gasteiger partial charge < -0.3 is 24.2 Å². The number of aromatic nitrogens is 1. The Labute approximate surface area is 253 Å². The van der Waals surface area contributed by atoms with Gasteiger partial charge in [0.15, 0.2) is 5.82 Å². The van der Waals surface area contributed by atoms with Crippen molar-refractivity contribution in [2.75, 3.05) is 0 Å². The van der Waals surface area contributed by atoms with Gasteiger partial charge in [-0.05, 0) is 66.8 Å². The zero-order valence-corrected chi connectivity index (χ0v) is 24.1. The van der Waals surface area contributed by atoms with Crippen LogP contribution in [-0.2, 0) is 27.2 Å². The highest BCUT2D eigenvalue weighted by Gasteiger charge is 2.62. The second-order valence-electron chi connectivity index (χ2n) is 10.9. The van der Waals surface area contributed by atoms with E-state index in [0.29, 0.717) is 11.0 Å². The third kappa shape index (κ3) is 4.86. The number of nitrogens with one attached hydrogen (secondary N) is 1. The molecule has 14 heteroatoms. The molecule has 1 atom stereocenters. The van der Waals surface area contributed by atoms with Crippen molar-refractivity contribution in [2.24, 2.45) is 5.16 Å². The summed E-state index contributed by atoms with van der Waals surface area (Å²) in [6, 6.07) is 13.4. The van der Waals surface area contributed by atoms with Crippen molar-refractivity contribution in [3.05, 3.63) is 105 Å². The largest absolute Gasteiger partial charge is 0.492 e. The van der Waals surface area contributed by atoms with Crippen molar-refractivity contribution in [2.45, 2.75) is 44.2 Å². The molecule has 4 aromatic rings. The molecule has 222 valence electrons. The number of oxime groups is 1. The molecule has 2 aliphatic heterocycles. The van der Waals surface area contributed by atoms with Crippen LogP contribution >= 0.6 is 23.2 Å². The Morgan fingerprint density at radius 2 is 1.86 bits per heavy atom. The number of fused-ring (bicyclic) bond motifs is 2. The van der Waals surface area contributed by atoms with Crippen molar-refractivity contribution in [1.82, 2.24) is 9.72 Å². The van der Waals surface area contributed by atoms with E-state index in [-0.39, 0.29) is 23.5 Å². The molecule has 6 rings (SSSR count). The van der Waals surface area contributed by atoms with E-state index in [1.165, 1.54) is 12.1 Å². The molecule has 0 saturated heterocycles. The van der Waals surface area contributed by atoms with Crippen LogP contribution in [0.5, 0.6) is 0 Å². The molecule has 2 aromatic carbocycles. The number of carbonyl (C=O) groups is 1. The zero-order chi connectivity index (χ0) is 30.9. The van der Waals surface area contributed by atoms with Crippen LogP contribution in [0.25, 0.3) is 5.52 Å². The van der Waals surface area contributed by atoms with E-state index in [2.05, 4.69) is 10.5 Å². The number of hydrogen-bond donors (Lipinski definition) is 2. The average molecular weight is 634 g/mol. The zero-order valence-electron chi connectivity index (χ0n) is 22.6. The fraction of sp³-hybridized carbons (Fsp3) is 0.241. The van der Waals surface area contributed by atoms with Crippen LogP contribution in [-0.4, -0.2) is 34.3 Å². The maximum absolute atomic E-state index is 14.5. The van der Waals surface area contributed by atoms with Crippen molar-refractivity contribution >= 4 is 52.9 Å². The van der Waals surface area contributed by atoms with Gasteiger partial charge in [-0.2, -0.15) is 13.2 Å². The summed E-state index contributed by atoms with van der Waals surface area (Å²) in [7, 11) is -1.07. The monoisotopic (exact) mass is 633 g/mol. The van der Waals surface area contributed by atoms with Gasteiger partial charge in [-0.1, -0.05) is 46.6 Å². The number of amides is 1. The number of halogens is 6. The van der Waals surface area contributed by atoms with Crippen LogP contribution in [0.15, 0.2) is 65.9 Å². The first kappa shape index (κ1) is 29.5. The molecule has 4 heterocycles. The highest BCUT2D eigenvalue weighted by molar-refractivity contribution is 6.62. The van der Waals surface area contributed by atoms with E-state index >= 15 is 0 Å². The number of alkyl halides is 3. The minimum atomic E-state index is -4.96. The van der Waals surface area contributed by atoms with Crippen LogP contribution in [0.4, 0.5) is 17.6 Å². The van der Waals surface area contributed by atoms with Gasteiger partial charge in [0.2, 0.25) is 0 Å². The molecule has 0 radical (unpaired) electrons. The lowest BCUT2D eigenvalue weighted by molar-refractivity contribution is -0.275. The lowest BCUT2D eigenvalue weighted by atomic mass is 9.77. The molecule has 1 unspecified atom stereocenters. The molecule has 0 fully saturated rings. The highest BCUT2D eigenvalue weighted by Crippen LogP contribution is 2.50. The van der Waals surface area contributed by atoms with Gasteiger partial charge in [-0.15, -0.1) is 0 Å². The summed E-state index contributed by atoms with van der Waals surface area (Å²) in [5, 5.41) is 15.7. The highest BCUT2D eigenvalue weighted by atomic mass is 35.5. The van der Waals surface area contributed by atoms with Gasteiger partial charge in [0.05, 0.1) is 38.8 Å². The number of carbonyl (C=O) groups excluding carboxylic acids is 1. The quantitative estimate of drug-likeness (QED) is 0.164. The topological polar surface area (TPSA) is 84.6 Å². The first-order chi connectivity index (χ1) is 20.2. The van der Waals surface area contributed by atoms with Gasteiger partial charge >= 0.3 is 13.3 Å². The molecule has 0 saturated carbocycles. The van der Waals surface area contributed by atoms with Gasteiger partial charge in [0.1, 0.15) is 5.71 Å². The Balaban J connectivity index is 1.26. The third-order valence-corrected chi connectivity index (χ3v) is 8.31. The summed E-state index contributed by atoms with van der Waals surface area (Å²) in [4.78, 5) is 18.3. The molecular weight excluding hydrogens is 612 g/mol. The standard InChI is InChI=1S/C29H22BCl2F4N3O4/c1-27(2)18-7-5-15(10-19(18)30(41)42-27)14-37-26(40)17-6-8-24(39-9-3-4-23(17)39)22-13-28(43-38-22,29(34,35)36)16-11-20(31)25(33)21(32)12-16/h3-12,41H,13-14H2,1-2H3,(H,37,40). The molecule has 0 aliphatic carbocycles. The molecule has 2 aromatic heterocycles. The van der Waals surface area contributed by atoms with Crippen LogP contribution < -0.4 is 10.8 Å². The summed E-state index contributed by atoms with van der Waals surface area (Å²) in [5.41, 5.74) is -0.931. The smallest absolute Gasteiger partial charge is 0.423 e. The van der Waals surface area contributed by atoms with Crippen molar-refractivity contribution < 1.29 is 36.9 Å². The Hall–Kier alpha value is -3.58. The van der Waals surface area contributed by atoms with Gasteiger partial charge in [-0.25, -0.2) is 4.39 Å². The Bertz CT molecular complexity index is 1800. The normalized spacial score (nSPS) is 19.4. The van der Waals surface area contributed by atoms with Gasteiger partial charge in [0, 0.05) is 18.3 Å². The van der Waals surface area contributed by atoms with E-state index in [0.717, 1.165) is 23.3 Å². The van der Waals surface area contributed by atoms with E-state index < -0.39 is 58.3 Å². The Morgan fingerprint density at radius 3 is 2.56 bits per heavy atom. The van der Waals surface area contributed by atoms with E-state index in [1.807, 2.05) is 26.0 Å². The van der Waals surface area contributed by atoms with E-state index in [9.17, 15) is 27.4 Å². The number of nitrogens with zero attached hydrogens (tertiary/aromatic N) is 2. The molecule has 7 nitrogen and oxygen atoms in total. The summed E-state index contributed by atoms with van der Waals surface area (Å²) in [6.07, 6.45) is -4.13. The van der Waals surface area contributed by atoms with Crippen molar-refractivity contribution in [3.8, 4) is 0 Å². The summed E-state index contributed by atoms with van der Waals surface area (Å²) >= 11 is 11.6. The number of rotatable bonds is 5. The molecule has 2 N–H and O–H groups in total. The SMILES string of the molecule is CC1(C)OB(O)c2cc(CNC(=O)c3ccc(C4=NOC(c5cc(Cl)c(F)c(Cl)c5)(C(F)(F)F)C4)n4cccc34)ccc21. The lowest BCUT2D eigenvalue weighted by Gasteiger charge is -2.29. The molecule has 43 heavy (non-hydrogen) atoms. The fourth-order valence-corrected chi connectivity index (χ4v) is 6.04. The molecule has 0 spiro atoms. The van der Waals surface area contributed by atoms with Crippen molar-refractivity contribution in [1.29, 1.82) is 0 Å². The Kier molecular flexibility index (Phi) is 7.04.